The van der Waals surface area contributed by atoms with E-state index in [1.165, 1.54) is 28.0 Å². The molecule has 0 amide bonds. The molecule has 1 aromatic heterocycles. The van der Waals surface area contributed by atoms with Crippen molar-refractivity contribution in [1.82, 2.24) is 0 Å². The molecule has 2 unspecified atom stereocenters. The van der Waals surface area contributed by atoms with Crippen LogP contribution in [0.4, 0.5) is 5.69 Å². The van der Waals surface area contributed by atoms with Crippen molar-refractivity contribution in [3.05, 3.63) is 99.0 Å². The summed E-state index contributed by atoms with van der Waals surface area (Å²) in [6.45, 7) is 1.94. The van der Waals surface area contributed by atoms with Gasteiger partial charge in [-0.2, -0.15) is 4.57 Å². The number of rotatable bonds is 7. The first kappa shape index (κ1) is 31.4. The number of anilines is 1. The summed E-state index contributed by atoms with van der Waals surface area (Å²) >= 11 is 2.78. The molecule has 0 spiro atoms. The maximum atomic E-state index is 12.0. The van der Waals surface area contributed by atoms with E-state index in [1.54, 1.807) is 4.57 Å². The molecule has 3 aromatic rings. The molecule has 0 fully saturated rings. The fraction of sp³-hybridized carbons (Fsp3) is 0.207. The minimum atomic E-state index is -4.61. The van der Waals surface area contributed by atoms with Crippen molar-refractivity contribution in [2.24, 2.45) is 5.92 Å². The summed E-state index contributed by atoms with van der Waals surface area (Å²) in [6, 6.07) is 11.5. The fourth-order valence-electron chi connectivity index (χ4n) is 5.44. The van der Waals surface area contributed by atoms with Gasteiger partial charge in [-0.15, -0.1) is 0 Å². The van der Waals surface area contributed by atoms with Gasteiger partial charge in [-0.3, -0.25) is 0 Å². The van der Waals surface area contributed by atoms with E-state index in [0.717, 1.165) is 31.8 Å². The summed E-state index contributed by atoms with van der Waals surface area (Å²) in [7, 11) is -9.21. The first-order chi connectivity index (χ1) is 19.5. The van der Waals surface area contributed by atoms with Gasteiger partial charge >= 0.3 is 29.6 Å². The molecule has 1 aliphatic heterocycles. The van der Waals surface area contributed by atoms with E-state index in [-0.39, 0.29) is 41.4 Å². The van der Waals surface area contributed by atoms with E-state index in [0.29, 0.717) is 22.1 Å². The Hall–Kier alpha value is -2.00. The second kappa shape index (κ2) is 12.2. The number of thiazole rings is 1. The molecule has 212 valence electrons. The zero-order chi connectivity index (χ0) is 28.9. The van der Waals surface area contributed by atoms with Crippen LogP contribution in [0.25, 0.3) is 22.9 Å². The van der Waals surface area contributed by atoms with Gasteiger partial charge in [0.2, 0.25) is 11.6 Å². The number of thioether (sulfide) groups is 1. The summed E-state index contributed by atoms with van der Waals surface area (Å²) in [5.41, 5.74) is 2.24. The summed E-state index contributed by atoms with van der Waals surface area (Å²) in [5.74, 6) is -1.44. The van der Waals surface area contributed by atoms with E-state index >= 15 is 0 Å². The minimum Gasteiger partial charge on any atom is -0.747 e. The molecule has 6 rings (SSSR count). The van der Waals surface area contributed by atoms with Gasteiger partial charge in [0.25, 0.3) is 5.01 Å². The molecule has 0 bridgehead atoms. The molecule has 42 heavy (non-hydrogen) atoms. The van der Waals surface area contributed by atoms with Crippen molar-refractivity contribution in [1.29, 1.82) is 0 Å². The number of benzene rings is 2. The van der Waals surface area contributed by atoms with Gasteiger partial charge in [0.15, 0.2) is 10.1 Å². The monoisotopic (exact) mass is 648 g/mol. The van der Waals surface area contributed by atoms with Crippen LogP contribution in [0.2, 0.25) is 0 Å². The van der Waals surface area contributed by atoms with E-state index < -0.39 is 32.0 Å². The molecule has 0 saturated heterocycles. The molecular weight excluding hydrogens is 624 g/mol. The van der Waals surface area contributed by atoms with Gasteiger partial charge in [0, 0.05) is 22.3 Å². The fourth-order valence-corrected chi connectivity index (χ4v) is 9.15. The summed E-state index contributed by atoms with van der Waals surface area (Å²) in [5, 5.41) is 2.94. The number of aromatic nitrogens is 1. The van der Waals surface area contributed by atoms with Crippen LogP contribution < -0.4 is 39.0 Å². The Morgan fingerprint density at radius 3 is 2.52 bits per heavy atom. The molecule has 0 saturated carbocycles. The van der Waals surface area contributed by atoms with Crippen LogP contribution in [0.1, 0.15) is 34.8 Å². The van der Waals surface area contributed by atoms with Gasteiger partial charge < -0.3 is 14.0 Å². The summed E-state index contributed by atoms with van der Waals surface area (Å²) < 4.78 is 73.5. The summed E-state index contributed by atoms with van der Waals surface area (Å²) in [6.07, 6.45) is 16.2. The SMILES string of the molecule is CCC(=C/c1sc2c([n+]1CS(=O)(=O)[O-])C1C=CC=CC1C=C2)/C=C1\Sc2ccc3ccccc3c2N1CS(=O)(=O)[O-].[Na+]. The van der Waals surface area contributed by atoms with E-state index in [2.05, 4.69) is 6.08 Å². The number of nitrogens with zero attached hydrogens (tertiary/aromatic N) is 2. The molecule has 8 nitrogen and oxygen atoms in total. The molecule has 2 aromatic carbocycles. The second-order valence-corrected chi connectivity index (χ2v) is 14.8. The second-order valence-electron chi connectivity index (χ2n) is 9.94. The topological polar surface area (TPSA) is 122 Å². The van der Waals surface area contributed by atoms with Crippen molar-refractivity contribution < 1.29 is 60.1 Å². The van der Waals surface area contributed by atoms with Crippen LogP contribution in [0.3, 0.4) is 0 Å². The third-order valence-corrected chi connectivity index (χ3v) is 10.6. The Morgan fingerprint density at radius 1 is 1.02 bits per heavy atom. The van der Waals surface area contributed by atoms with Crippen LogP contribution >= 0.6 is 23.1 Å². The molecule has 2 atom stereocenters. The molecule has 2 aliphatic carbocycles. The number of hydrogen-bond acceptors (Lipinski definition) is 9. The predicted molar refractivity (Wildman–Crippen MR) is 161 cm³/mol. The molecule has 3 aliphatic rings. The average Bonchev–Trinajstić information content (AvgIpc) is 3.43. The van der Waals surface area contributed by atoms with Gasteiger partial charge in [-0.05, 0) is 35.6 Å². The van der Waals surface area contributed by atoms with Gasteiger partial charge in [0.1, 0.15) is 20.9 Å². The quantitative estimate of drug-likeness (QED) is 0.218. The van der Waals surface area contributed by atoms with Crippen LogP contribution in [0, 0.1) is 5.92 Å². The minimum absolute atomic E-state index is 0. The van der Waals surface area contributed by atoms with E-state index in [4.69, 9.17) is 0 Å². The van der Waals surface area contributed by atoms with Crippen molar-refractivity contribution in [3.8, 4) is 0 Å². The molecule has 2 heterocycles. The number of fused-ring (bicyclic) bond motifs is 6. The maximum absolute atomic E-state index is 12.0. The van der Waals surface area contributed by atoms with Crippen LogP contribution in [-0.2, 0) is 26.1 Å². The van der Waals surface area contributed by atoms with E-state index in [1.807, 2.05) is 85.9 Å². The van der Waals surface area contributed by atoms with Gasteiger partial charge in [-0.25, -0.2) is 16.8 Å². The zero-order valence-corrected chi connectivity index (χ0v) is 28.1. The van der Waals surface area contributed by atoms with Crippen LogP contribution in [0.15, 0.2) is 88.4 Å². The molecule has 0 radical (unpaired) electrons. The smallest absolute Gasteiger partial charge is 0.747 e. The average molecular weight is 649 g/mol. The summed E-state index contributed by atoms with van der Waals surface area (Å²) in [4.78, 5) is 3.26. The number of allylic oxidation sites excluding steroid dienone is 7. The van der Waals surface area contributed by atoms with Crippen molar-refractivity contribution in [3.63, 3.8) is 0 Å². The normalized spacial score (nSPS) is 20.5. The molecule has 13 heteroatoms. The van der Waals surface area contributed by atoms with E-state index in [9.17, 15) is 25.9 Å². The van der Waals surface area contributed by atoms with Crippen LogP contribution in [-0.4, -0.2) is 31.8 Å². The Labute approximate surface area is 275 Å². The Bertz CT molecular complexity index is 1940. The first-order valence-electron chi connectivity index (χ1n) is 12.9. The van der Waals surface area contributed by atoms with Crippen molar-refractivity contribution in [2.75, 3.05) is 10.8 Å². The van der Waals surface area contributed by atoms with Crippen molar-refractivity contribution in [2.45, 2.75) is 30.0 Å². The Morgan fingerprint density at radius 2 is 1.79 bits per heavy atom. The Kier molecular flexibility index (Phi) is 9.11. The predicted octanol–water partition coefficient (Wildman–Crippen LogP) is 2.30. The first-order valence-corrected chi connectivity index (χ1v) is 17.7. The van der Waals surface area contributed by atoms with Crippen LogP contribution in [0.5, 0.6) is 0 Å². The van der Waals surface area contributed by atoms with Crippen molar-refractivity contribution >= 4 is 71.9 Å². The third kappa shape index (κ3) is 6.42. The Balaban J connectivity index is 0.00000353. The molecular formula is C29H25N2NaO6S4. The third-order valence-electron chi connectivity index (χ3n) is 7.20. The maximum Gasteiger partial charge on any atom is 1.00 e. The van der Waals surface area contributed by atoms with Gasteiger partial charge in [-0.1, -0.05) is 90.7 Å². The largest absolute Gasteiger partial charge is 1.00 e. The zero-order valence-electron chi connectivity index (χ0n) is 22.8. The number of hydrogen-bond donors (Lipinski definition) is 0. The van der Waals surface area contributed by atoms with Gasteiger partial charge in [0.05, 0.1) is 16.6 Å². The molecule has 0 N–H and O–H groups in total. The standard InChI is InChI=1S/C29H26N2O6S4.Na/c1-2-19(15-26-30(17-40(32,33)34)28-22-9-5-3-7-20(22)11-13-24(28)38-26)16-27-31(18-41(35,36)37)29-23-10-6-4-8-21(23)12-14-25(29)39-27;/h3-16,20,22H,2,17-18H2,1H3,(H-,32,33,34,35,36,37);/q;+1/p-1.